The number of hydrogen-bond acceptors (Lipinski definition) is 4. The molecule has 0 bridgehead atoms. The third kappa shape index (κ3) is 3.44. The summed E-state index contributed by atoms with van der Waals surface area (Å²) in [5.41, 5.74) is -0.377. The van der Waals surface area contributed by atoms with E-state index in [-0.39, 0.29) is 41.1 Å². The van der Waals surface area contributed by atoms with Gasteiger partial charge in [-0.3, -0.25) is 0 Å². The fraction of sp³-hybridized carbons (Fsp3) is 0.533. The van der Waals surface area contributed by atoms with Crippen molar-refractivity contribution >= 4 is 9.84 Å². The lowest BCUT2D eigenvalue weighted by molar-refractivity contribution is -0.214. The average Bonchev–Trinajstić information content (AvgIpc) is 3.69. The van der Waals surface area contributed by atoms with Crippen molar-refractivity contribution < 1.29 is 27.4 Å². The highest BCUT2D eigenvalue weighted by Gasteiger charge is 2.71. The minimum Gasteiger partial charge on any atom is -0.508 e. The van der Waals surface area contributed by atoms with E-state index in [9.17, 15) is 18.6 Å². The molecule has 0 spiro atoms. The zero-order chi connectivity index (χ0) is 26.4. The van der Waals surface area contributed by atoms with E-state index in [1.54, 1.807) is 37.1 Å². The van der Waals surface area contributed by atoms with Gasteiger partial charge in [-0.1, -0.05) is 25.1 Å². The lowest BCUT2D eigenvalue weighted by atomic mass is 9.48. The standard InChI is InChI=1S/C30H32F2O4S/c1-3-30(31,32)29(34)15-14-26-24-12-6-19-16-20(33)7-13-23(19)27(24)25(17-28(26,29)2)18-4-8-21(9-5-18)37(35,36)22-10-11-22/h1,4-5,7-9,13,16,22,24-27,33-34H,6,10-12,14-15,17H2,2H3. The van der Waals surface area contributed by atoms with Gasteiger partial charge in [0.1, 0.15) is 11.4 Å². The van der Waals surface area contributed by atoms with Crippen molar-refractivity contribution in [1.29, 1.82) is 0 Å². The van der Waals surface area contributed by atoms with Gasteiger partial charge in [-0.05, 0) is 115 Å². The molecular weight excluding hydrogens is 494 g/mol. The summed E-state index contributed by atoms with van der Waals surface area (Å²) in [5.74, 6) is -2.15. The molecule has 3 saturated carbocycles. The Hall–Kier alpha value is -2.43. The zero-order valence-electron chi connectivity index (χ0n) is 20.8. The number of aryl methyl sites for hydroxylation is 1. The molecule has 4 aliphatic rings. The monoisotopic (exact) mass is 526 g/mol. The summed E-state index contributed by atoms with van der Waals surface area (Å²) in [5, 5.41) is 21.4. The molecule has 6 rings (SSSR count). The molecule has 3 fully saturated rings. The van der Waals surface area contributed by atoms with E-state index in [1.165, 1.54) is 0 Å². The van der Waals surface area contributed by atoms with Gasteiger partial charge >= 0.3 is 5.92 Å². The number of aromatic hydroxyl groups is 1. The Morgan fingerprint density at radius 1 is 1.08 bits per heavy atom. The predicted octanol–water partition coefficient (Wildman–Crippen LogP) is 5.58. The van der Waals surface area contributed by atoms with Crippen LogP contribution in [0.5, 0.6) is 5.75 Å². The molecule has 0 radical (unpaired) electrons. The normalized spacial score (nSPS) is 35.2. The van der Waals surface area contributed by atoms with E-state index in [2.05, 4.69) is 0 Å². The van der Waals surface area contributed by atoms with Gasteiger partial charge in [-0.2, -0.15) is 8.78 Å². The van der Waals surface area contributed by atoms with Crippen LogP contribution in [0, 0.1) is 29.6 Å². The Kier molecular flexibility index (Phi) is 5.40. The van der Waals surface area contributed by atoms with Crippen LogP contribution < -0.4 is 0 Å². The van der Waals surface area contributed by atoms with Crippen molar-refractivity contribution in [2.75, 3.05) is 0 Å². The molecule has 4 aliphatic carbocycles. The number of sulfone groups is 1. The first-order valence-corrected chi connectivity index (χ1v) is 14.7. The highest BCUT2D eigenvalue weighted by Crippen LogP contribution is 2.70. The number of alkyl halides is 2. The second kappa shape index (κ2) is 8.04. The van der Waals surface area contributed by atoms with Crippen molar-refractivity contribution in [2.24, 2.45) is 17.3 Å². The molecule has 2 N–H and O–H groups in total. The van der Waals surface area contributed by atoms with Crippen LogP contribution in [0.2, 0.25) is 0 Å². The summed E-state index contributed by atoms with van der Waals surface area (Å²) in [6.45, 7) is 1.78. The smallest absolute Gasteiger partial charge is 0.336 e. The number of fused-ring (bicyclic) bond motifs is 5. The minimum atomic E-state index is -3.66. The molecule has 37 heavy (non-hydrogen) atoms. The van der Waals surface area contributed by atoms with Crippen LogP contribution in [0.3, 0.4) is 0 Å². The van der Waals surface area contributed by atoms with E-state index >= 15 is 8.78 Å². The summed E-state index contributed by atoms with van der Waals surface area (Å²) >= 11 is 0. The lowest BCUT2D eigenvalue weighted by Crippen LogP contribution is -2.60. The van der Waals surface area contributed by atoms with Crippen LogP contribution in [0.1, 0.15) is 74.0 Å². The number of aliphatic hydroxyl groups is 1. The highest BCUT2D eigenvalue weighted by atomic mass is 32.2. The fourth-order valence-electron chi connectivity index (χ4n) is 8.13. The quantitative estimate of drug-likeness (QED) is 0.511. The van der Waals surface area contributed by atoms with Gasteiger partial charge in [0.05, 0.1) is 10.1 Å². The second-order valence-corrected chi connectivity index (χ2v) is 14.1. The summed E-state index contributed by atoms with van der Waals surface area (Å²) < 4.78 is 55.9. The van der Waals surface area contributed by atoms with Crippen LogP contribution >= 0.6 is 0 Å². The van der Waals surface area contributed by atoms with Gasteiger partial charge in [0.15, 0.2) is 9.84 Å². The van der Waals surface area contributed by atoms with Gasteiger partial charge < -0.3 is 10.2 Å². The molecule has 7 heteroatoms. The molecule has 0 heterocycles. The van der Waals surface area contributed by atoms with Crippen molar-refractivity contribution in [1.82, 2.24) is 0 Å². The van der Waals surface area contributed by atoms with Crippen molar-refractivity contribution in [3.8, 4) is 18.1 Å². The van der Waals surface area contributed by atoms with E-state index in [4.69, 9.17) is 6.42 Å². The molecule has 0 saturated heterocycles. The topological polar surface area (TPSA) is 74.6 Å². The molecule has 4 nitrogen and oxygen atoms in total. The van der Waals surface area contributed by atoms with Crippen LogP contribution in [-0.4, -0.2) is 35.4 Å². The second-order valence-electron chi connectivity index (χ2n) is 11.9. The fourth-order valence-corrected chi connectivity index (χ4v) is 9.79. The summed E-state index contributed by atoms with van der Waals surface area (Å²) in [6.07, 6.45) is 8.84. The van der Waals surface area contributed by atoms with E-state index in [0.29, 0.717) is 30.6 Å². The average molecular weight is 527 g/mol. The SMILES string of the molecule is C#CC(F)(F)C1(O)CCC2C3CCc4cc(O)ccc4C3C(c3ccc(S(=O)(=O)C4CC4)cc3)CC21C. The first-order valence-electron chi connectivity index (χ1n) is 13.2. The Morgan fingerprint density at radius 3 is 2.43 bits per heavy atom. The lowest BCUT2D eigenvalue weighted by Gasteiger charge is -2.57. The number of phenols is 1. The van der Waals surface area contributed by atoms with Crippen LogP contribution in [0.4, 0.5) is 8.78 Å². The third-order valence-electron chi connectivity index (χ3n) is 10.2. The number of terminal acetylenes is 1. The molecule has 2 aromatic carbocycles. The highest BCUT2D eigenvalue weighted by molar-refractivity contribution is 7.92. The summed E-state index contributed by atoms with van der Waals surface area (Å²) in [7, 11) is -3.35. The Morgan fingerprint density at radius 2 is 1.78 bits per heavy atom. The van der Waals surface area contributed by atoms with Crippen LogP contribution in [0.25, 0.3) is 0 Å². The number of halogens is 2. The van der Waals surface area contributed by atoms with Crippen LogP contribution in [0.15, 0.2) is 47.4 Å². The van der Waals surface area contributed by atoms with Gasteiger partial charge in [0, 0.05) is 5.41 Å². The summed E-state index contributed by atoms with van der Waals surface area (Å²) in [4.78, 5) is 0.292. The number of rotatable bonds is 4. The molecule has 2 aromatic rings. The molecule has 0 amide bonds. The Bertz CT molecular complexity index is 1390. The number of hydrogen-bond donors (Lipinski definition) is 2. The maximum absolute atomic E-state index is 15.2. The van der Waals surface area contributed by atoms with Crippen molar-refractivity contribution in [3.63, 3.8) is 0 Å². The Labute approximate surface area is 217 Å². The predicted molar refractivity (Wildman–Crippen MR) is 136 cm³/mol. The number of phenolic OH excluding ortho intramolecular Hbond substituents is 1. The minimum absolute atomic E-state index is 0.00937. The summed E-state index contributed by atoms with van der Waals surface area (Å²) in [6, 6.07) is 12.3. The largest absolute Gasteiger partial charge is 0.508 e. The maximum Gasteiger partial charge on any atom is 0.336 e. The van der Waals surface area contributed by atoms with Gasteiger partial charge in [-0.25, -0.2) is 8.42 Å². The molecule has 6 unspecified atom stereocenters. The van der Waals surface area contributed by atoms with E-state index < -0.39 is 26.8 Å². The molecule has 0 aromatic heterocycles. The molecule has 0 aliphatic heterocycles. The molecular formula is C30H32F2O4S. The van der Waals surface area contributed by atoms with Gasteiger partial charge in [0.2, 0.25) is 0 Å². The first kappa shape index (κ1) is 24.9. The van der Waals surface area contributed by atoms with Crippen molar-refractivity contribution in [3.05, 3.63) is 59.2 Å². The zero-order valence-corrected chi connectivity index (χ0v) is 21.6. The van der Waals surface area contributed by atoms with Crippen molar-refractivity contribution in [2.45, 2.75) is 85.4 Å². The Balaban J connectivity index is 1.47. The maximum atomic E-state index is 15.2. The number of benzene rings is 2. The van der Waals surface area contributed by atoms with E-state index in [0.717, 1.165) is 29.5 Å². The van der Waals surface area contributed by atoms with E-state index in [1.807, 2.05) is 18.2 Å². The third-order valence-corrected chi connectivity index (χ3v) is 12.4. The molecule has 196 valence electrons. The molecule has 6 atom stereocenters. The van der Waals surface area contributed by atoms with Gasteiger partial charge in [0.25, 0.3) is 0 Å². The van der Waals surface area contributed by atoms with Gasteiger partial charge in [-0.15, -0.1) is 6.42 Å². The van der Waals surface area contributed by atoms with Crippen LogP contribution in [-0.2, 0) is 16.3 Å². The first-order chi connectivity index (χ1) is 17.4.